The molecule has 0 saturated carbocycles. The van der Waals surface area contributed by atoms with Crippen LogP contribution in [0.4, 0.5) is 0 Å². The van der Waals surface area contributed by atoms with E-state index >= 15 is 0 Å². The largest absolute Gasteiger partial charge is 0.478 e. The maximum atomic E-state index is 13.1. The highest BCUT2D eigenvalue weighted by molar-refractivity contribution is 7.91. The molecule has 0 radical (unpaired) electrons. The monoisotopic (exact) mass is 388 g/mol. The van der Waals surface area contributed by atoms with Gasteiger partial charge in [-0.1, -0.05) is 0 Å². The number of carboxylic acid groups (broad SMARTS) is 1. The van der Waals surface area contributed by atoms with Gasteiger partial charge in [0.1, 0.15) is 4.21 Å². The number of aromatic carboxylic acids is 1. The minimum Gasteiger partial charge on any atom is -0.478 e. The van der Waals surface area contributed by atoms with Crippen molar-refractivity contribution in [2.45, 2.75) is 36.9 Å². The van der Waals surface area contributed by atoms with E-state index in [1.54, 1.807) is 0 Å². The lowest BCUT2D eigenvalue weighted by atomic mass is 9.99. The second-order valence-corrected chi connectivity index (χ2v) is 9.64. The molecule has 0 aliphatic carbocycles. The summed E-state index contributed by atoms with van der Waals surface area (Å²) in [4.78, 5) is 12.6. The highest BCUT2D eigenvalue weighted by Gasteiger charge is 2.37. The van der Waals surface area contributed by atoms with Crippen molar-refractivity contribution in [3.05, 3.63) is 16.0 Å². The molecular formula is C16H24N2O5S2. The zero-order valence-electron chi connectivity index (χ0n) is 14.3. The Balaban J connectivity index is 1.84. The molecule has 0 bridgehead atoms. The number of nitrogens with zero attached hydrogens (tertiary/aromatic N) is 1. The molecule has 1 aromatic rings. The van der Waals surface area contributed by atoms with Crippen LogP contribution in [-0.4, -0.2) is 56.6 Å². The van der Waals surface area contributed by atoms with Gasteiger partial charge in [0.2, 0.25) is 0 Å². The molecule has 3 rings (SSSR count). The lowest BCUT2D eigenvalue weighted by Gasteiger charge is -2.30. The van der Waals surface area contributed by atoms with Gasteiger partial charge in [0.25, 0.3) is 10.0 Å². The van der Waals surface area contributed by atoms with Gasteiger partial charge in [0.05, 0.1) is 5.56 Å². The summed E-state index contributed by atoms with van der Waals surface area (Å²) in [6.07, 6.45) is 2.04. The SMILES string of the molecule is CCOCC1CCN(S(=O)(=O)c2sc3c(c2C(=O)O)CCNC3)CC1. The summed E-state index contributed by atoms with van der Waals surface area (Å²) in [7, 11) is -3.77. The van der Waals surface area contributed by atoms with Crippen LogP contribution in [0.5, 0.6) is 0 Å². The van der Waals surface area contributed by atoms with Crippen LogP contribution in [0.1, 0.15) is 40.6 Å². The van der Waals surface area contributed by atoms with Gasteiger partial charge >= 0.3 is 5.97 Å². The maximum absolute atomic E-state index is 13.1. The predicted octanol–water partition coefficient (Wildman–Crippen LogP) is 1.53. The quantitative estimate of drug-likeness (QED) is 0.767. The Bertz CT molecular complexity index is 736. The normalized spacial score (nSPS) is 19.7. The third-order valence-corrected chi connectivity index (χ3v) is 8.44. The van der Waals surface area contributed by atoms with E-state index in [0.717, 1.165) is 29.1 Å². The Morgan fingerprint density at radius 2 is 2.12 bits per heavy atom. The van der Waals surface area contributed by atoms with E-state index in [4.69, 9.17) is 4.74 Å². The number of hydrogen-bond donors (Lipinski definition) is 2. The molecular weight excluding hydrogens is 364 g/mol. The molecule has 140 valence electrons. The molecule has 2 aliphatic heterocycles. The van der Waals surface area contributed by atoms with Gasteiger partial charge in [-0.05, 0) is 44.2 Å². The number of hydrogen-bond acceptors (Lipinski definition) is 6. The number of fused-ring (bicyclic) bond motifs is 1. The zero-order valence-corrected chi connectivity index (χ0v) is 15.9. The van der Waals surface area contributed by atoms with Crippen molar-refractivity contribution < 1.29 is 23.1 Å². The van der Waals surface area contributed by atoms with E-state index < -0.39 is 16.0 Å². The summed E-state index contributed by atoms with van der Waals surface area (Å²) in [5.41, 5.74) is 0.666. The average Bonchev–Trinajstić information content (AvgIpc) is 3.01. The smallest absolute Gasteiger partial charge is 0.338 e. The van der Waals surface area contributed by atoms with Gasteiger partial charge in [0.15, 0.2) is 0 Å². The Morgan fingerprint density at radius 3 is 2.76 bits per heavy atom. The zero-order chi connectivity index (χ0) is 18.0. The van der Waals surface area contributed by atoms with Gasteiger partial charge in [-0.3, -0.25) is 0 Å². The number of carboxylic acids is 1. The summed E-state index contributed by atoms with van der Waals surface area (Å²) >= 11 is 1.11. The summed E-state index contributed by atoms with van der Waals surface area (Å²) in [6, 6.07) is 0. The molecule has 2 aliphatic rings. The van der Waals surface area contributed by atoms with Crippen molar-refractivity contribution in [1.82, 2.24) is 9.62 Å². The van der Waals surface area contributed by atoms with Gasteiger partial charge in [-0.2, -0.15) is 4.31 Å². The van der Waals surface area contributed by atoms with Crippen LogP contribution in [-0.2, 0) is 27.7 Å². The van der Waals surface area contributed by atoms with E-state index in [0.29, 0.717) is 57.3 Å². The summed E-state index contributed by atoms with van der Waals surface area (Å²) in [5.74, 6) is -0.782. The number of rotatable bonds is 6. The van der Waals surface area contributed by atoms with Gasteiger partial charge in [-0.25, -0.2) is 13.2 Å². The van der Waals surface area contributed by atoms with Crippen LogP contribution >= 0.6 is 11.3 Å². The Labute approximate surface area is 152 Å². The molecule has 1 aromatic heterocycles. The van der Waals surface area contributed by atoms with Crippen molar-refractivity contribution in [1.29, 1.82) is 0 Å². The van der Waals surface area contributed by atoms with E-state index in [1.807, 2.05) is 6.92 Å². The maximum Gasteiger partial charge on any atom is 0.338 e. The first-order valence-corrected chi connectivity index (χ1v) is 10.9. The Morgan fingerprint density at radius 1 is 1.40 bits per heavy atom. The fourth-order valence-corrected chi connectivity index (χ4v) is 6.90. The number of carbonyl (C=O) groups is 1. The minimum absolute atomic E-state index is 0.00282. The number of piperidine rings is 1. The molecule has 9 heteroatoms. The third-order valence-electron chi connectivity index (χ3n) is 4.81. The second-order valence-electron chi connectivity index (χ2n) is 6.41. The fraction of sp³-hybridized carbons (Fsp3) is 0.688. The van der Waals surface area contributed by atoms with Gasteiger partial charge in [-0.15, -0.1) is 11.3 Å². The fourth-order valence-electron chi connectivity index (χ4n) is 3.43. The van der Waals surface area contributed by atoms with Crippen molar-refractivity contribution in [3.8, 4) is 0 Å². The lowest BCUT2D eigenvalue weighted by Crippen LogP contribution is -2.39. The van der Waals surface area contributed by atoms with Crippen LogP contribution in [0, 0.1) is 5.92 Å². The van der Waals surface area contributed by atoms with Crippen molar-refractivity contribution >= 4 is 27.3 Å². The van der Waals surface area contributed by atoms with Crippen LogP contribution in [0.15, 0.2) is 4.21 Å². The molecule has 0 aromatic carbocycles. The van der Waals surface area contributed by atoms with E-state index in [2.05, 4.69) is 5.32 Å². The second kappa shape index (κ2) is 7.71. The standard InChI is InChI=1S/C16H24N2O5S2/c1-2-23-10-11-4-7-18(8-5-11)25(21,22)16-14(15(19)20)12-3-6-17-9-13(12)24-16/h11,17H,2-10H2,1H3,(H,19,20). The van der Waals surface area contributed by atoms with Crippen molar-refractivity contribution in [2.24, 2.45) is 5.92 Å². The first-order valence-electron chi connectivity index (χ1n) is 8.61. The number of sulfonamides is 1. The molecule has 1 saturated heterocycles. The predicted molar refractivity (Wildman–Crippen MR) is 94.7 cm³/mol. The molecule has 2 N–H and O–H groups in total. The molecule has 25 heavy (non-hydrogen) atoms. The Hall–Kier alpha value is -1.00. The number of ether oxygens (including phenoxy) is 1. The van der Waals surface area contributed by atoms with Crippen LogP contribution < -0.4 is 5.32 Å². The van der Waals surface area contributed by atoms with Crippen molar-refractivity contribution in [2.75, 3.05) is 32.8 Å². The lowest BCUT2D eigenvalue weighted by molar-refractivity contribution is 0.0692. The highest BCUT2D eigenvalue weighted by Crippen LogP contribution is 2.37. The van der Waals surface area contributed by atoms with E-state index in [1.165, 1.54) is 4.31 Å². The average molecular weight is 389 g/mol. The molecule has 3 heterocycles. The number of thiophene rings is 1. The molecule has 7 nitrogen and oxygen atoms in total. The van der Waals surface area contributed by atoms with Crippen LogP contribution in [0.25, 0.3) is 0 Å². The van der Waals surface area contributed by atoms with Gasteiger partial charge < -0.3 is 15.2 Å². The van der Waals surface area contributed by atoms with Crippen molar-refractivity contribution in [3.63, 3.8) is 0 Å². The number of nitrogens with one attached hydrogen (secondary N) is 1. The van der Waals surface area contributed by atoms with Crippen LogP contribution in [0.3, 0.4) is 0 Å². The first-order chi connectivity index (χ1) is 11.9. The van der Waals surface area contributed by atoms with E-state index in [9.17, 15) is 18.3 Å². The molecule has 0 atom stereocenters. The molecule has 0 spiro atoms. The third kappa shape index (κ3) is 3.75. The summed E-state index contributed by atoms with van der Waals surface area (Å²) in [5, 5.41) is 12.8. The van der Waals surface area contributed by atoms with Crippen LogP contribution in [0.2, 0.25) is 0 Å². The molecule has 1 fully saturated rings. The first kappa shape index (κ1) is 18.8. The summed E-state index contributed by atoms with van der Waals surface area (Å²) < 4.78 is 33.0. The molecule has 0 amide bonds. The summed E-state index contributed by atoms with van der Waals surface area (Å²) in [6.45, 7) is 5.30. The Kier molecular flexibility index (Phi) is 5.79. The highest BCUT2D eigenvalue weighted by atomic mass is 32.2. The minimum atomic E-state index is -3.77. The van der Waals surface area contributed by atoms with Gasteiger partial charge in [0, 0.05) is 37.7 Å². The molecule has 0 unspecified atom stereocenters. The van der Waals surface area contributed by atoms with E-state index in [-0.39, 0.29) is 9.77 Å². The topological polar surface area (TPSA) is 95.9 Å².